The van der Waals surface area contributed by atoms with Gasteiger partial charge in [0.25, 0.3) is 0 Å². The second-order valence-corrected chi connectivity index (χ2v) is 5.87. The summed E-state index contributed by atoms with van der Waals surface area (Å²) in [6.45, 7) is 2.75. The number of oxazole rings is 1. The number of rotatable bonds is 5. The molecule has 0 bridgehead atoms. The van der Waals surface area contributed by atoms with E-state index in [-0.39, 0.29) is 12.4 Å². The van der Waals surface area contributed by atoms with Crippen LogP contribution >= 0.6 is 12.4 Å². The Kier molecular flexibility index (Phi) is 5.08. The minimum absolute atomic E-state index is 0. The van der Waals surface area contributed by atoms with Crippen molar-refractivity contribution in [2.75, 3.05) is 13.2 Å². The van der Waals surface area contributed by atoms with Gasteiger partial charge < -0.3 is 19.2 Å². The van der Waals surface area contributed by atoms with E-state index >= 15 is 0 Å². The largest absolute Gasteiger partial charge is 0.486 e. The van der Waals surface area contributed by atoms with Crippen molar-refractivity contribution < 1.29 is 13.9 Å². The number of halogens is 1. The molecule has 6 heteroatoms. The van der Waals surface area contributed by atoms with Gasteiger partial charge in [0.05, 0.1) is 5.69 Å². The molecule has 2 heterocycles. The Balaban J connectivity index is 0.00000156. The summed E-state index contributed by atoms with van der Waals surface area (Å²) >= 11 is 0. The normalized spacial score (nSPS) is 16.5. The average molecular weight is 337 g/mol. The van der Waals surface area contributed by atoms with Gasteiger partial charge in [0.1, 0.15) is 19.0 Å². The Morgan fingerprint density at radius 1 is 1.09 bits per heavy atom. The molecule has 1 saturated carbocycles. The van der Waals surface area contributed by atoms with Gasteiger partial charge in [-0.25, -0.2) is 4.98 Å². The van der Waals surface area contributed by atoms with Gasteiger partial charge in [-0.2, -0.15) is 0 Å². The van der Waals surface area contributed by atoms with Gasteiger partial charge in [-0.1, -0.05) is 12.5 Å². The lowest BCUT2D eigenvalue weighted by Crippen LogP contribution is -2.18. The molecule has 1 aromatic carbocycles. The summed E-state index contributed by atoms with van der Waals surface area (Å²) < 4.78 is 16.7. The van der Waals surface area contributed by atoms with Crippen molar-refractivity contribution in [3.8, 4) is 11.5 Å². The van der Waals surface area contributed by atoms with Crippen LogP contribution in [0.2, 0.25) is 0 Å². The lowest BCUT2D eigenvalue weighted by molar-refractivity contribution is 0.171. The molecule has 1 aromatic heterocycles. The van der Waals surface area contributed by atoms with Crippen molar-refractivity contribution in [2.24, 2.45) is 0 Å². The lowest BCUT2D eigenvalue weighted by Gasteiger charge is -2.23. The highest BCUT2D eigenvalue weighted by Crippen LogP contribution is 2.37. The maximum Gasteiger partial charge on any atom is 0.181 e. The summed E-state index contributed by atoms with van der Waals surface area (Å²) in [7, 11) is 0. The van der Waals surface area contributed by atoms with E-state index in [9.17, 15) is 0 Å². The Morgan fingerprint density at radius 3 is 2.70 bits per heavy atom. The number of aromatic nitrogens is 1. The quantitative estimate of drug-likeness (QED) is 0.906. The van der Waals surface area contributed by atoms with Crippen molar-refractivity contribution in [3.05, 3.63) is 41.6 Å². The lowest BCUT2D eigenvalue weighted by atomic mass is 9.83. The van der Waals surface area contributed by atoms with Crippen LogP contribution in [0.4, 0.5) is 0 Å². The summed E-state index contributed by atoms with van der Waals surface area (Å²) in [6.07, 6.45) is 5.32. The highest BCUT2D eigenvalue weighted by atomic mass is 35.5. The molecular formula is C17H21ClN2O3. The van der Waals surface area contributed by atoms with E-state index in [2.05, 4.69) is 16.4 Å². The number of hydrogen-bond donors (Lipinski definition) is 1. The SMILES string of the molecule is Cl.c1nc(CNCc2ccc3c(c2)OCCO3)c(C2CCC2)o1. The smallest absolute Gasteiger partial charge is 0.181 e. The van der Waals surface area contributed by atoms with Crippen molar-refractivity contribution >= 4 is 12.4 Å². The predicted molar refractivity (Wildman–Crippen MR) is 88.3 cm³/mol. The first-order chi connectivity index (χ1) is 10.9. The van der Waals surface area contributed by atoms with E-state index in [1.54, 1.807) is 6.39 Å². The minimum Gasteiger partial charge on any atom is -0.486 e. The van der Waals surface area contributed by atoms with Crippen molar-refractivity contribution in [1.29, 1.82) is 0 Å². The highest BCUT2D eigenvalue weighted by molar-refractivity contribution is 5.85. The van der Waals surface area contributed by atoms with Crippen LogP contribution < -0.4 is 14.8 Å². The van der Waals surface area contributed by atoms with Gasteiger partial charge in [0.15, 0.2) is 17.9 Å². The maximum absolute atomic E-state index is 5.61. The Hall–Kier alpha value is -1.72. The first-order valence-electron chi connectivity index (χ1n) is 7.91. The van der Waals surface area contributed by atoms with Gasteiger partial charge in [-0.15, -0.1) is 12.4 Å². The van der Waals surface area contributed by atoms with E-state index in [0.717, 1.165) is 36.0 Å². The van der Waals surface area contributed by atoms with Crippen LogP contribution in [0.15, 0.2) is 29.0 Å². The van der Waals surface area contributed by atoms with Gasteiger partial charge in [-0.3, -0.25) is 0 Å². The first-order valence-corrected chi connectivity index (χ1v) is 7.91. The molecule has 5 nitrogen and oxygen atoms in total. The maximum atomic E-state index is 5.61. The fourth-order valence-corrected chi connectivity index (χ4v) is 2.94. The molecule has 2 aliphatic rings. The average Bonchev–Trinajstić information content (AvgIpc) is 2.94. The molecule has 0 amide bonds. The minimum atomic E-state index is 0. The van der Waals surface area contributed by atoms with E-state index in [1.165, 1.54) is 24.8 Å². The Labute approximate surface area is 141 Å². The summed E-state index contributed by atoms with van der Waals surface area (Å²) in [5.41, 5.74) is 2.22. The Morgan fingerprint density at radius 2 is 1.91 bits per heavy atom. The molecule has 0 radical (unpaired) electrons. The molecule has 1 fully saturated rings. The number of benzene rings is 1. The van der Waals surface area contributed by atoms with Crippen LogP contribution in [-0.2, 0) is 13.1 Å². The number of nitrogens with one attached hydrogen (secondary N) is 1. The number of nitrogens with zero attached hydrogens (tertiary/aromatic N) is 1. The Bertz CT molecular complexity index is 655. The molecule has 1 aliphatic carbocycles. The molecule has 0 unspecified atom stereocenters. The summed E-state index contributed by atoms with van der Waals surface area (Å²) in [6, 6.07) is 6.08. The van der Waals surface area contributed by atoms with E-state index in [1.807, 2.05) is 12.1 Å². The van der Waals surface area contributed by atoms with Crippen LogP contribution in [-0.4, -0.2) is 18.2 Å². The highest BCUT2D eigenvalue weighted by Gasteiger charge is 2.25. The van der Waals surface area contributed by atoms with Crippen LogP contribution in [0.5, 0.6) is 11.5 Å². The molecule has 0 saturated heterocycles. The molecule has 0 atom stereocenters. The topological polar surface area (TPSA) is 56.5 Å². The zero-order valence-electron chi connectivity index (χ0n) is 12.9. The second-order valence-electron chi connectivity index (χ2n) is 5.87. The van der Waals surface area contributed by atoms with E-state index in [4.69, 9.17) is 13.9 Å². The first kappa shape index (κ1) is 16.1. The zero-order valence-corrected chi connectivity index (χ0v) is 13.7. The third-order valence-corrected chi connectivity index (χ3v) is 4.38. The molecule has 23 heavy (non-hydrogen) atoms. The molecule has 4 rings (SSSR count). The summed E-state index contributed by atoms with van der Waals surface area (Å²) in [4.78, 5) is 4.35. The van der Waals surface area contributed by atoms with Crippen LogP contribution in [0.3, 0.4) is 0 Å². The monoisotopic (exact) mass is 336 g/mol. The second kappa shape index (κ2) is 7.23. The summed E-state index contributed by atoms with van der Waals surface area (Å²) in [5.74, 6) is 3.32. The third kappa shape index (κ3) is 3.46. The number of hydrogen-bond acceptors (Lipinski definition) is 5. The zero-order chi connectivity index (χ0) is 14.8. The number of ether oxygens (including phenoxy) is 2. The van der Waals surface area contributed by atoms with Crippen LogP contribution in [0.25, 0.3) is 0 Å². The van der Waals surface area contributed by atoms with Crippen molar-refractivity contribution in [1.82, 2.24) is 10.3 Å². The number of fused-ring (bicyclic) bond motifs is 1. The standard InChI is InChI=1S/C17H20N2O3.ClH/c1-2-13(3-1)17-14(19-11-22-17)10-18-9-12-4-5-15-16(8-12)21-7-6-20-15;/h4-5,8,11,13,18H,1-3,6-7,9-10H2;1H. The van der Waals surface area contributed by atoms with Crippen LogP contribution in [0, 0.1) is 0 Å². The van der Waals surface area contributed by atoms with Gasteiger partial charge in [0.2, 0.25) is 0 Å². The van der Waals surface area contributed by atoms with Gasteiger partial charge in [0, 0.05) is 19.0 Å². The van der Waals surface area contributed by atoms with E-state index in [0.29, 0.717) is 19.1 Å². The predicted octanol–water partition coefficient (Wildman–Crippen LogP) is 3.42. The molecule has 0 spiro atoms. The third-order valence-electron chi connectivity index (χ3n) is 4.38. The molecule has 1 aliphatic heterocycles. The van der Waals surface area contributed by atoms with Crippen LogP contribution in [0.1, 0.15) is 42.2 Å². The van der Waals surface area contributed by atoms with Gasteiger partial charge in [-0.05, 0) is 30.5 Å². The van der Waals surface area contributed by atoms with Crippen molar-refractivity contribution in [3.63, 3.8) is 0 Å². The molecular weight excluding hydrogens is 316 g/mol. The van der Waals surface area contributed by atoms with Crippen molar-refractivity contribution in [2.45, 2.75) is 38.3 Å². The molecule has 1 N–H and O–H groups in total. The van der Waals surface area contributed by atoms with E-state index < -0.39 is 0 Å². The molecule has 2 aromatic rings. The molecule has 124 valence electrons. The summed E-state index contributed by atoms with van der Waals surface area (Å²) in [5, 5.41) is 3.44. The fourth-order valence-electron chi connectivity index (χ4n) is 2.94. The van der Waals surface area contributed by atoms with Gasteiger partial charge >= 0.3 is 0 Å². The fraction of sp³-hybridized carbons (Fsp3) is 0.471.